The number of halogens is 3. The molecule has 0 amide bonds. The third-order valence-electron chi connectivity index (χ3n) is 3.00. The molecule has 1 aromatic rings. The van der Waals surface area contributed by atoms with Gasteiger partial charge in [0.15, 0.2) is 0 Å². The van der Waals surface area contributed by atoms with Crippen molar-refractivity contribution in [1.29, 1.82) is 0 Å². The van der Waals surface area contributed by atoms with E-state index in [0.29, 0.717) is 0 Å². The molecular weight excluding hydrogens is 204 g/mol. The summed E-state index contributed by atoms with van der Waals surface area (Å²) in [5.74, 6) is -0.307. The Balaban J connectivity index is 2.42. The van der Waals surface area contributed by atoms with Crippen LogP contribution in [0, 0.1) is 0 Å². The van der Waals surface area contributed by atoms with E-state index < -0.39 is 12.3 Å². The smallest absolute Gasteiger partial charge is 0.448 e. The van der Waals surface area contributed by atoms with Crippen molar-refractivity contribution in [2.75, 3.05) is 0 Å². The van der Waals surface area contributed by atoms with E-state index in [0.717, 1.165) is 0 Å². The summed E-state index contributed by atoms with van der Waals surface area (Å²) in [5.41, 5.74) is 0.220. The van der Waals surface area contributed by atoms with Crippen LogP contribution < -0.4 is 0 Å². The van der Waals surface area contributed by atoms with E-state index in [9.17, 15) is 17.7 Å². The third kappa shape index (κ3) is 1.46. The maximum absolute atomic E-state index is 12.9. The second-order valence-electron chi connectivity index (χ2n) is 3.99. The van der Waals surface area contributed by atoms with E-state index >= 15 is 0 Å². The van der Waals surface area contributed by atoms with E-state index in [-0.39, 0.29) is 24.2 Å². The fourth-order valence-electron chi connectivity index (χ4n) is 2.05. The average Bonchev–Trinajstić information content (AvgIpc) is 2.12. The molecule has 0 spiro atoms. The van der Waals surface area contributed by atoms with Gasteiger partial charge in [-0.3, -0.25) is 4.79 Å². The molecule has 0 unspecified atom stereocenters. The van der Waals surface area contributed by atoms with Gasteiger partial charge in [0, 0.05) is 0 Å². The van der Waals surface area contributed by atoms with Crippen LogP contribution in [0.4, 0.5) is 12.9 Å². The first kappa shape index (κ1) is 10.3. The summed E-state index contributed by atoms with van der Waals surface area (Å²) < 4.78 is 38.8. The molecule has 0 N–H and O–H groups in total. The van der Waals surface area contributed by atoms with Crippen LogP contribution in [0.5, 0.6) is 0 Å². The van der Waals surface area contributed by atoms with E-state index in [4.69, 9.17) is 0 Å². The molecule has 1 aliphatic carbocycles. The Morgan fingerprint density at radius 3 is 2.00 bits per heavy atom. The zero-order valence-corrected chi connectivity index (χ0v) is 7.92. The Morgan fingerprint density at radius 2 is 1.60 bits per heavy atom. The Morgan fingerprint density at radius 1 is 1.07 bits per heavy atom. The predicted molar refractivity (Wildman–Crippen MR) is 51.4 cm³/mol. The number of carbonyl (C=O) groups is 1. The number of rotatable bonds is 2. The Kier molecular flexibility index (Phi) is 2.13. The molecule has 15 heavy (non-hydrogen) atoms. The summed E-state index contributed by atoms with van der Waals surface area (Å²) in [7, 11) is 0. The van der Waals surface area contributed by atoms with Crippen LogP contribution in [-0.2, 0) is 10.1 Å². The molecule has 0 aromatic heterocycles. The summed E-state index contributed by atoms with van der Waals surface area (Å²) in [5, 5.41) is -1.86. The molecule has 1 aromatic carbocycles. The molecule has 1 nitrogen and oxygen atoms in total. The quantitative estimate of drug-likeness (QED) is 0.690. The number of carbonyl (C=O) groups excluding carboxylic acids is 1. The zero-order valence-electron chi connectivity index (χ0n) is 7.92. The van der Waals surface area contributed by atoms with Crippen LogP contribution in [0.3, 0.4) is 0 Å². The second-order valence-corrected chi connectivity index (χ2v) is 3.99. The lowest BCUT2D eigenvalue weighted by Gasteiger charge is -2.48. The van der Waals surface area contributed by atoms with E-state index in [1.165, 1.54) is 12.1 Å². The van der Waals surface area contributed by atoms with Gasteiger partial charge in [-0.15, -0.1) is 0 Å². The normalized spacial score (nSPS) is 19.8. The lowest BCUT2D eigenvalue weighted by atomic mass is 9.44. The van der Waals surface area contributed by atoms with Crippen LogP contribution in [0.15, 0.2) is 30.3 Å². The lowest BCUT2D eigenvalue weighted by molar-refractivity contribution is -0.127. The summed E-state index contributed by atoms with van der Waals surface area (Å²) in [6.45, 7) is -5.01. The van der Waals surface area contributed by atoms with Crippen molar-refractivity contribution in [3.05, 3.63) is 35.9 Å². The van der Waals surface area contributed by atoms with Gasteiger partial charge in [-0.2, -0.15) is 0 Å². The fourth-order valence-corrected chi connectivity index (χ4v) is 2.05. The number of hydrogen-bond acceptors (Lipinski definition) is 1. The maximum atomic E-state index is 12.9. The highest BCUT2D eigenvalue weighted by Crippen LogP contribution is 2.49. The summed E-state index contributed by atoms with van der Waals surface area (Å²) >= 11 is 0. The highest BCUT2D eigenvalue weighted by molar-refractivity contribution is 6.63. The lowest BCUT2D eigenvalue weighted by Crippen LogP contribution is -2.56. The molecule has 0 atom stereocenters. The molecule has 80 valence electrons. The second kappa shape index (κ2) is 3.12. The molecule has 1 fully saturated rings. The standard InChI is InChI=1S/C10H9BF3O/c12-11(13,14)10(6-9(15)7-10)8-4-2-1-3-5-8/h1-5H,6-7H2/q-1. The Hall–Kier alpha value is -1.26. The fraction of sp³-hybridized carbons (Fsp3) is 0.300. The van der Waals surface area contributed by atoms with Crippen LogP contribution in [-0.4, -0.2) is 12.8 Å². The Bertz CT molecular complexity index is 377. The van der Waals surface area contributed by atoms with E-state index in [2.05, 4.69) is 0 Å². The maximum Gasteiger partial charge on any atom is 0.489 e. The Labute approximate surface area is 85.3 Å². The monoisotopic (exact) mass is 213 g/mol. The first-order valence-corrected chi connectivity index (χ1v) is 4.72. The van der Waals surface area contributed by atoms with Crippen LogP contribution in [0.2, 0.25) is 0 Å². The number of benzene rings is 1. The van der Waals surface area contributed by atoms with Crippen molar-refractivity contribution in [2.45, 2.75) is 18.2 Å². The van der Waals surface area contributed by atoms with Crippen molar-refractivity contribution in [1.82, 2.24) is 0 Å². The van der Waals surface area contributed by atoms with Gasteiger partial charge >= 0.3 is 6.98 Å². The van der Waals surface area contributed by atoms with Gasteiger partial charge in [0.25, 0.3) is 0 Å². The zero-order chi connectivity index (χ0) is 11.1. The number of hydrogen-bond donors (Lipinski definition) is 0. The summed E-state index contributed by atoms with van der Waals surface area (Å²) in [6, 6.07) is 7.70. The molecule has 1 aliphatic rings. The molecule has 5 heteroatoms. The van der Waals surface area contributed by atoms with Crippen LogP contribution in [0.25, 0.3) is 0 Å². The van der Waals surface area contributed by atoms with E-state index in [1.54, 1.807) is 18.2 Å². The highest BCUT2D eigenvalue weighted by Gasteiger charge is 2.57. The molecule has 1 saturated carbocycles. The molecule has 0 radical (unpaired) electrons. The van der Waals surface area contributed by atoms with Gasteiger partial charge in [0.05, 0.1) is 0 Å². The van der Waals surface area contributed by atoms with Crippen molar-refractivity contribution < 1.29 is 17.7 Å². The van der Waals surface area contributed by atoms with Crippen molar-refractivity contribution in [3.63, 3.8) is 0 Å². The first-order chi connectivity index (χ1) is 6.96. The van der Waals surface area contributed by atoms with Gasteiger partial charge in [-0.1, -0.05) is 35.9 Å². The molecular formula is C10H9BF3O-. The van der Waals surface area contributed by atoms with Crippen molar-refractivity contribution in [3.8, 4) is 0 Å². The molecule has 0 aliphatic heterocycles. The van der Waals surface area contributed by atoms with Gasteiger partial charge in [0.1, 0.15) is 5.78 Å². The molecule has 0 heterocycles. The minimum atomic E-state index is -5.01. The first-order valence-electron chi connectivity index (χ1n) is 4.72. The van der Waals surface area contributed by atoms with Crippen LogP contribution >= 0.6 is 0 Å². The minimum absolute atomic E-state index is 0.220. The third-order valence-corrected chi connectivity index (χ3v) is 3.00. The topological polar surface area (TPSA) is 17.1 Å². The number of ketones is 1. The summed E-state index contributed by atoms with van der Waals surface area (Å²) in [6.07, 6.45) is -0.777. The van der Waals surface area contributed by atoms with Gasteiger partial charge in [0.2, 0.25) is 0 Å². The van der Waals surface area contributed by atoms with Gasteiger partial charge in [-0.05, 0) is 18.2 Å². The number of Topliss-reactive ketones (excluding diaryl/α,β-unsaturated/α-hetero) is 1. The minimum Gasteiger partial charge on any atom is -0.448 e. The van der Waals surface area contributed by atoms with Crippen molar-refractivity contribution >= 4 is 12.8 Å². The van der Waals surface area contributed by atoms with Crippen molar-refractivity contribution in [2.24, 2.45) is 0 Å². The predicted octanol–water partition coefficient (Wildman–Crippen LogP) is 2.67. The average molecular weight is 213 g/mol. The van der Waals surface area contributed by atoms with Gasteiger partial charge < -0.3 is 12.9 Å². The molecule has 0 saturated heterocycles. The highest BCUT2D eigenvalue weighted by atomic mass is 19.4. The van der Waals surface area contributed by atoms with Gasteiger partial charge in [-0.25, -0.2) is 0 Å². The SMILES string of the molecule is O=C1CC(c2ccccc2)([B-](F)(F)F)C1. The van der Waals surface area contributed by atoms with Crippen LogP contribution in [0.1, 0.15) is 18.4 Å². The largest absolute Gasteiger partial charge is 0.489 e. The van der Waals surface area contributed by atoms with E-state index in [1.807, 2.05) is 0 Å². The molecule has 0 bridgehead atoms. The summed E-state index contributed by atoms with van der Waals surface area (Å²) in [4.78, 5) is 10.8. The molecule has 2 rings (SSSR count).